The number of amides is 1. The van der Waals surface area contributed by atoms with E-state index in [0.717, 1.165) is 16.5 Å². The predicted molar refractivity (Wildman–Crippen MR) is 93.5 cm³/mol. The monoisotopic (exact) mass is 338 g/mol. The number of carbonyl (C=O) groups excluding carboxylic acids is 1. The largest absolute Gasteiger partial charge is 0.433 e. The van der Waals surface area contributed by atoms with Crippen LogP contribution in [0.15, 0.2) is 64.1 Å². The van der Waals surface area contributed by atoms with Gasteiger partial charge in [-0.1, -0.05) is 36.4 Å². The van der Waals surface area contributed by atoms with E-state index in [1.807, 2.05) is 42.5 Å². The smallest absolute Gasteiger partial charge is 0.400 e. The molecule has 0 spiro atoms. The number of carbonyl (C=O) groups is 1. The van der Waals surface area contributed by atoms with Gasteiger partial charge in [0.05, 0.1) is 18.8 Å². The van der Waals surface area contributed by atoms with Gasteiger partial charge < -0.3 is 9.73 Å². The van der Waals surface area contributed by atoms with Gasteiger partial charge in [0.15, 0.2) is 5.76 Å². The topological polar surface area (TPSA) is 110 Å². The molecule has 0 atom stereocenters. The molecule has 2 aromatic carbocycles. The molecule has 0 unspecified atom stereocenters. The summed E-state index contributed by atoms with van der Waals surface area (Å²) >= 11 is 0. The fourth-order valence-electron chi connectivity index (χ4n) is 2.27. The number of hydrogen-bond acceptors (Lipinski definition) is 6. The van der Waals surface area contributed by atoms with Crippen LogP contribution in [0.3, 0.4) is 0 Å². The van der Waals surface area contributed by atoms with Crippen LogP contribution in [-0.4, -0.2) is 23.6 Å². The summed E-state index contributed by atoms with van der Waals surface area (Å²) in [6.45, 7) is 0.0314. The van der Waals surface area contributed by atoms with E-state index in [1.54, 1.807) is 0 Å². The summed E-state index contributed by atoms with van der Waals surface area (Å²) in [5, 5.41) is 19.4. The highest BCUT2D eigenvalue weighted by Crippen LogP contribution is 2.22. The maximum Gasteiger partial charge on any atom is 0.433 e. The average molecular weight is 338 g/mol. The number of nitrogens with one attached hydrogen (secondary N) is 2. The molecular formula is C17H14N4O4. The second-order valence-electron chi connectivity index (χ2n) is 5.11. The normalized spacial score (nSPS) is 10.9. The van der Waals surface area contributed by atoms with Crippen molar-refractivity contribution in [3.63, 3.8) is 0 Å². The van der Waals surface area contributed by atoms with E-state index in [9.17, 15) is 14.9 Å². The summed E-state index contributed by atoms with van der Waals surface area (Å²) in [4.78, 5) is 21.7. The lowest BCUT2D eigenvalue weighted by atomic mass is 10.1. The van der Waals surface area contributed by atoms with Gasteiger partial charge in [-0.05, 0) is 17.5 Å². The number of nitrogens with zero attached hydrogens (tertiary/aromatic N) is 2. The van der Waals surface area contributed by atoms with Gasteiger partial charge in [-0.2, -0.15) is 5.10 Å². The van der Waals surface area contributed by atoms with E-state index in [1.165, 1.54) is 18.3 Å². The molecule has 3 rings (SSSR count). The van der Waals surface area contributed by atoms with Crippen molar-refractivity contribution in [2.24, 2.45) is 5.10 Å². The van der Waals surface area contributed by atoms with Crippen molar-refractivity contribution in [1.82, 2.24) is 5.43 Å². The Morgan fingerprint density at radius 2 is 1.96 bits per heavy atom. The van der Waals surface area contributed by atoms with Gasteiger partial charge in [-0.3, -0.25) is 14.9 Å². The zero-order chi connectivity index (χ0) is 17.6. The molecule has 2 N–H and O–H groups in total. The van der Waals surface area contributed by atoms with Crippen LogP contribution >= 0.6 is 0 Å². The van der Waals surface area contributed by atoms with Crippen molar-refractivity contribution in [3.8, 4) is 0 Å². The second-order valence-corrected chi connectivity index (χ2v) is 5.11. The van der Waals surface area contributed by atoms with Crippen LogP contribution < -0.4 is 10.7 Å². The van der Waals surface area contributed by atoms with E-state index in [-0.39, 0.29) is 24.1 Å². The SMILES string of the molecule is O=C(CNc1cccc2ccccc12)N/N=C/c1ccc([N+](=O)[O-])o1. The van der Waals surface area contributed by atoms with Gasteiger partial charge in [0, 0.05) is 11.1 Å². The van der Waals surface area contributed by atoms with Gasteiger partial charge in [0.2, 0.25) is 0 Å². The summed E-state index contributed by atoms with van der Waals surface area (Å²) in [5.74, 6) is -0.565. The zero-order valence-corrected chi connectivity index (χ0v) is 13.0. The minimum absolute atomic E-state index is 0.0314. The van der Waals surface area contributed by atoms with Crippen molar-refractivity contribution in [1.29, 1.82) is 0 Å². The Balaban J connectivity index is 1.55. The lowest BCUT2D eigenvalue weighted by Crippen LogP contribution is -2.25. The number of anilines is 1. The lowest BCUT2D eigenvalue weighted by molar-refractivity contribution is -0.402. The van der Waals surface area contributed by atoms with Crippen molar-refractivity contribution < 1.29 is 14.1 Å². The highest BCUT2D eigenvalue weighted by molar-refractivity contribution is 5.95. The third-order valence-electron chi connectivity index (χ3n) is 3.40. The fourth-order valence-corrected chi connectivity index (χ4v) is 2.27. The van der Waals surface area contributed by atoms with Crippen LogP contribution in [0.2, 0.25) is 0 Å². The minimum Gasteiger partial charge on any atom is -0.400 e. The molecule has 0 aliphatic heterocycles. The maximum absolute atomic E-state index is 11.8. The second kappa shape index (κ2) is 7.26. The minimum atomic E-state index is -0.649. The average Bonchev–Trinajstić information content (AvgIpc) is 3.09. The molecule has 8 nitrogen and oxygen atoms in total. The van der Waals surface area contributed by atoms with Gasteiger partial charge in [-0.15, -0.1) is 0 Å². The number of hydrogen-bond donors (Lipinski definition) is 2. The summed E-state index contributed by atoms with van der Waals surface area (Å²) in [6, 6.07) is 16.2. The van der Waals surface area contributed by atoms with E-state index in [4.69, 9.17) is 4.42 Å². The molecule has 0 radical (unpaired) electrons. The summed E-state index contributed by atoms with van der Waals surface area (Å²) in [6.07, 6.45) is 1.20. The van der Waals surface area contributed by atoms with Crippen LogP contribution in [0.5, 0.6) is 0 Å². The molecule has 1 heterocycles. The van der Waals surface area contributed by atoms with Crippen LogP contribution in [0.1, 0.15) is 5.76 Å². The highest BCUT2D eigenvalue weighted by atomic mass is 16.6. The first-order valence-corrected chi connectivity index (χ1v) is 7.41. The number of hydrazone groups is 1. The number of rotatable bonds is 6. The van der Waals surface area contributed by atoms with E-state index >= 15 is 0 Å². The van der Waals surface area contributed by atoms with Crippen molar-refractivity contribution in [3.05, 3.63) is 70.5 Å². The van der Waals surface area contributed by atoms with Gasteiger partial charge in [-0.25, -0.2) is 5.43 Å². The number of benzene rings is 2. The molecule has 1 amide bonds. The molecule has 1 aromatic heterocycles. The summed E-state index contributed by atoms with van der Waals surface area (Å²) in [5.41, 5.74) is 3.17. The third kappa shape index (κ3) is 3.99. The quantitative estimate of drug-likeness (QED) is 0.408. The Labute approximate surface area is 142 Å². The van der Waals surface area contributed by atoms with Gasteiger partial charge >= 0.3 is 5.88 Å². The Morgan fingerprint density at radius 3 is 2.76 bits per heavy atom. The van der Waals surface area contributed by atoms with Crippen molar-refractivity contribution >= 4 is 34.5 Å². The van der Waals surface area contributed by atoms with Crippen LogP contribution in [0.4, 0.5) is 11.6 Å². The lowest BCUT2D eigenvalue weighted by Gasteiger charge is -2.08. The first-order valence-electron chi connectivity index (χ1n) is 7.41. The maximum atomic E-state index is 11.8. The summed E-state index contributed by atoms with van der Waals surface area (Å²) < 4.78 is 4.89. The predicted octanol–water partition coefficient (Wildman–Crippen LogP) is 2.90. The van der Waals surface area contributed by atoms with Crippen molar-refractivity contribution in [2.75, 3.05) is 11.9 Å². The molecule has 0 saturated carbocycles. The Bertz CT molecular complexity index is 943. The van der Waals surface area contributed by atoms with Crippen LogP contribution in [-0.2, 0) is 4.79 Å². The molecule has 0 fully saturated rings. The first-order chi connectivity index (χ1) is 12.1. The zero-order valence-electron chi connectivity index (χ0n) is 13.0. The van der Waals surface area contributed by atoms with Gasteiger partial charge in [0.25, 0.3) is 5.91 Å². The number of fused-ring (bicyclic) bond motifs is 1. The van der Waals surface area contributed by atoms with Crippen LogP contribution in [0.25, 0.3) is 10.8 Å². The third-order valence-corrected chi connectivity index (χ3v) is 3.40. The standard InChI is InChI=1S/C17H14N4O4/c22-16(20-19-10-13-8-9-17(25-13)21(23)24)11-18-15-7-3-5-12-4-1-2-6-14(12)15/h1-10,18H,11H2,(H,20,22)/b19-10+. The van der Waals surface area contributed by atoms with Crippen molar-refractivity contribution in [2.45, 2.75) is 0 Å². The summed E-state index contributed by atoms with van der Waals surface area (Å²) in [7, 11) is 0. The Kier molecular flexibility index (Phi) is 4.70. The molecule has 0 aliphatic carbocycles. The molecular weight excluding hydrogens is 324 g/mol. The van der Waals surface area contributed by atoms with E-state index in [0.29, 0.717) is 0 Å². The first kappa shape index (κ1) is 16.2. The van der Waals surface area contributed by atoms with Gasteiger partial charge in [0.1, 0.15) is 4.92 Å². The molecule has 0 bridgehead atoms. The van der Waals surface area contributed by atoms with Crippen LogP contribution in [0, 0.1) is 10.1 Å². The Morgan fingerprint density at radius 1 is 1.16 bits per heavy atom. The molecule has 0 aliphatic rings. The van der Waals surface area contributed by atoms with E-state index in [2.05, 4.69) is 15.8 Å². The molecule has 3 aromatic rings. The molecule has 25 heavy (non-hydrogen) atoms. The van der Waals surface area contributed by atoms with E-state index < -0.39 is 4.92 Å². The molecule has 8 heteroatoms. The number of furan rings is 1. The molecule has 0 saturated heterocycles. The Hall–Kier alpha value is -3.68. The molecule has 126 valence electrons. The number of nitro groups is 1. The fraction of sp³-hybridized carbons (Fsp3) is 0.0588. The highest BCUT2D eigenvalue weighted by Gasteiger charge is 2.10.